The highest BCUT2D eigenvalue weighted by molar-refractivity contribution is 7.09. The maximum absolute atomic E-state index is 4.66. The van der Waals surface area contributed by atoms with E-state index in [4.69, 9.17) is 0 Å². The van der Waals surface area contributed by atoms with Crippen molar-refractivity contribution in [3.05, 3.63) is 45.9 Å². The summed E-state index contributed by atoms with van der Waals surface area (Å²) in [6.45, 7) is 7.00. The first-order chi connectivity index (χ1) is 9.72. The van der Waals surface area contributed by atoms with Crippen LogP contribution in [0.1, 0.15) is 30.1 Å². The predicted octanol–water partition coefficient (Wildman–Crippen LogP) is 3.45. The van der Waals surface area contributed by atoms with Crippen LogP contribution < -0.4 is 10.2 Å². The third-order valence-electron chi connectivity index (χ3n) is 3.31. The van der Waals surface area contributed by atoms with Crippen LogP contribution in [0.15, 0.2) is 29.6 Å². The van der Waals surface area contributed by atoms with Crippen LogP contribution in [-0.2, 0) is 19.5 Å². The number of hydrogen-bond donors (Lipinski definition) is 1. The Hall–Kier alpha value is -1.39. The molecule has 0 radical (unpaired) electrons. The van der Waals surface area contributed by atoms with Gasteiger partial charge in [-0.05, 0) is 30.7 Å². The monoisotopic (exact) mass is 289 g/mol. The van der Waals surface area contributed by atoms with E-state index in [9.17, 15) is 0 Å². The zero-order valence-corrected chi connectivity index (χ0v) is 13.3. The summed E-state index contributed by atoms with van der Waals surface area (Å²) >= 11 is 1.73. The third-order valence-corrected chi connectivity index (χ3v) is 4.21. The quantitative estimate of drug-likeness (QED) is 0.846. The van der Waals surface area contributed by atoms with Crippen LogP contribution in [0.2, 0.25) is 0 Å². The molecule has 0 bridgehead atoms. The Bertz CT molecular complexity index is 519. The lowest BCUT2D eigenvalue weighted by atomic mass is 10.1. The maximum Gasteiger partial charge on any atom is 0.107 e. The molecule has 108 valence electrons. The predicted molar refractivity (Wildman–Crippen MR) is 87.4 cm³/mol. The van der Waals surface area contributed by atoms with E-state index in [2.05, 4.69) is 65.7 Å². The highest BCUT2D eigenvalue weighted by Gasteiger charge is 2.06. The Morgan fingerprint density at radius 3 is 2.60 bits per heavy atom. The van der Waals surface area contributed by atoms with Crippen molar-refractivity contribution < 1.29 is 0 Å². The lowest BCUT2D eigenvalue weighted by Gasteiger charge is -2.18. The number of thiazole rings is 1. The average molecular weight is 289 g/mol. The summed E-state index contributed by atoms with van der Waals surface area (Å²) in [7, 11) is 2.12. The van der Waals surface area contributed by atoms with Gasteiger partial charge in [0.25, 0.3) is 0 Å². The molecule has 0 fully saturated rings. The van der Waals surface area contributed by atoms with Gasteiger partial charge in [-0.3, -0.25) is 0 Å². The van der Waals surface area contributed by atoms with Gasteiger partial charge in [0.15, 0.2) is 0 Å². The van der Waals surface area contributed by atoms with Crippen molar-refractivity contribution in [2.45, 2.75) is 33.4 Å². The SMILES string of the molecule is CCNCc1nc(CN(C)c2ccc(CC)cc2)cs1. The largest absolute Gasteiger partial charge is 0.369 e. The number of aromatic nitrogens is 1. The third kappa shape index (κ3) is 4.05. The first kappa shape index (κ1) is 15.0. The Balaban J connectivity index is 1.95. The van der Waals surface area contributed by atoms with Crippen LogP contribution in [0.4, 0.5) is 5.69 Å². The molecule has 20 heavy (non-hydrogen) atoms. The summed E-state index contributed by atoms with van der Waals surface area (Å²) in [6.07, 6.45) is 1.09. The van der Waals surface area contributed by atoms with Crippen LogP contribution in [0.5, 0.6) is 0 Å². The summed E-state index contributed by atoms with van der Waals surface area (Å²) < 4.78 is 0. The van der Waals surface area contributed by atoms with Gasteiger partial charge in [0, 0.05) is 24.7 Å². The van der Waals surface area contributed by atoms with Crippen molar-refractivity contribution in [1.82, 2.24) is 10.3 Å². The van der Waals surface area contributed by atoms with E-state index in [1.807, 2.05) is 0 Å². The molecule has 0 aliphatic carbocycles. The number of benzene rings is 1. The fourth-order valence-corrected chi connectivity index (χ4v) is 2.81. The Kier molecular flexibility index (Phi) is 5.56. The van der Waals surface area contributed by atoms with Gasteiger partial charge in [-0.15, -0.1) is 11.3 Å². The molecule has 0 atom stereocenters. The molecule has 1 aromatic carbocycles. The van der Waals surface area contributed by atoms with E-state index in [0.717, 1.165) is 36.8 Å². The number of hydrogen-bond acceptors (Lipinski definition) is 4. The lowest BCUT2D eigenvalue weighted by Crippen LogP contribution is -2.17. The van der Waals surface area contributed by atoms with Crippen molar-refractivity contribution in [2.24, 2.45) is 0 Å². The van der Waals surface area contributed by atoms with Gasteiger partial charge in [-0.1, -0.05) is 26.0 Å². The molecular weight excluding hydrogens is 266 g/mol. The van der Waals surface area contributed by atoms with E-state index in [0.29, 0.717) is 0 Å². The van der Waals surface area contributed by atoms with Gasteiger partial charge in [0.2, 0.25) is 0 Å². The van der Waals surface area contributed by atoms with Gasteiger partial charge in [0.1, 0.15) is 5.01 Å². The van der Waals surface area contributed by atoms with E-state index < -0.39 is 0 Å². The topological polar surface area (TPSA) is 28.2 Å². The zero-order chi connectivity index (χ0) is 14.4. The van der Waals surface area contributed by atoms with Crippen LogP contribution in [0, 0.1) is 0 Å². The second-order valence-electron chi connectivity index (χ2n) is 4.89. The fourth-order valence-electron chi connectivity index (χ4n) is 2.06. The van der Waals surface area contributed by atoms with Gasteiger partial charge >= 0.3 is 0 Å². The van der Waals surface area contributed by atoms with E-state index in [1.54, 1.807) is 11.3 Å². The minimum absolute atomic E-state index is 0.855. The number of aryl methyl sites for hydroxylation is 1. The first-order valence-electron chi connectivity index (χ1n) is 7.17. The standard InChI is InChI=1S/C16H23N3S/c1-4-13-6-8-15(9-7-13)19(3)11-14-12-20-16(18-14)10-17-5-2/h6-9,12,17H,4-5,10-11H2,1-3H3. The summed E-state index contributed by atoms with van der Waals surface area (Å²) in [5.74, 6) is 0. The summed E-state index contributed by atoms with van der Waals surface area (Å²) in [4.78, 5) is 6.90. The molecule has 0 amide bonds. The second kappa shape index (κ2) is 7.41. The van der Waals surface area contributed by atoms with Crippen molar-refractivity contribution in [1.29, 1.82) is 0 Å². The normalized spacial score (nSPS) is 10.8. The molecule has 2 aromatic rings. The highest BCUT2D eigenvalue weighted by atomic mass is 32.1. The smallest absolute Gasteiger partial charge is 0.107 e. The molecule has 1 aromatic heterocycles. The van der Waals surface area contributed by atoms with E-state index in [-0.39, 0.29) is 0 Å². The Morgan fingerprint density at radius 2 is 1.95 bits per heavy atom. The van der Waals surface area contributed by atoms with E-state index in [1.165, 1.54) is 11.3 Å². The Morgan fingerprint density at radius 1 is 1.20 bits per heavy atom. The molecule has 1 N–H and O–H groups in total. The molecule has 0 aliphatic rings. The molecule has 1 heterocycles. The van der Waals surface area contributed by atoms with Crippen LogP contribution >= 0.6 is 11.3 Å². The van der Waals surface area contributed by atoms with Crippen molar-refractivity contribution in [3.63, 3.8) is 0 Å². The molecule has 0 unspecified atom stereocenters. The summed E-state index contributed by atoms with van der Waals surface area (Å²) in [6, 6.07) is 8.77. The van der Waals surface area contributed by atoms with Crippen molar-refractivity contribution in [3.8, 4) is 0 Å². The van der Waals surface area contributed by atoms with Gasteiger partial charge in [-0.2, -0.15) is 0 Å². The minimum atomic E-state index is 0.855. The highest BCUT2D eigenvalue weighted by Crippen LogP contribution is 2.18. The van der Waals surface area contributed by atoms with Crippen LogP contribution in [0.25, 0.3) is 0 Å². The molecule has 0 saturated carbocycles. The lowest BCUT2D eigenvalue weighted by molar-refractivity contribution is 0.718. The Labute approximate surface area is 125 Å². The molecule has 4 heteroatoms. The first-order valence-corrected chi connectivity index (χ1v) is 8.05. The van der Waals surface area contributed by atoms with E-state index >= 15 is 0 Å². The average Bonchev–Trinajstić information content (AvgIpc) is 2.92. The minimum Gasteiger partial charge on any atom is -0.369 e. The maximum atomic E-state index is 4.66. The second-order valence-corrected chi connectivity index (χ2v) is 5.83. The van der Waals surface area contributed by atoms with Crippen molar-refractivity contribution in [2.75, 3.05) is 18.5 Å². The molecule has 3 nitrogen and oxygen atoms in total. The molecular formula is C16H23N3S. The fraction of sp³-hybridized carbons (Fsp3) is 0.438. The molecule has 0 spiro atoms. The number of rotatable bonds is 7. The van der Waals surface area contributed by atoms with Crippen LogP contribution in [0.3, 0.4) is 0 Å². The van der Waals surface area contributed by atoms with Gasteiger partial charge < -0.3 is 10.2 Å². The van der Waals surface area contributed by atoms with Gasteiger partial charge in [0.05, 0.1) is 12.2 Å². The number of anilines is 1. The van der Waals surface area contributed by atoms with Gasteiger partial charge in [-0.25, -0.2) is 4.98 Å². The van der Waals surface area contributed by atoms with Crippen LogP contribution in [-0.4, -0.2) is 18.6 Å². The molecule has 0 aliphatic heterocycles. The zero-order valence-electron chi connectivity index (χ0n) is 12.5. The van der Waals surface area contributed by atoms with Crippen molar-refractivity contribution >= 4 is 17.0 Å². The summed E-state index contributed by atoms with van der Waals surface area (Å²) in [5, 5.41) is 6.63. The molecule has 2 rings (SSSR count). The molecule has 0 saturated heterocycles. The number of nitrogens with one attached hydrogen (secondary N) is 1. The summed E-state index contributed by atoms with van der Waals surface area (Å²) in [5.41, 5.74) is 3.76. The number of nitrogens with zero attached hydrogens (tertiary/aromatic N) is 2.